The summed E-state index contributed by atoms with van der Waals surface area (Å²) in [5.41, 5.74) is 1.47. The summed E-state index contributed by atoms with van der Waals surface area (Å²) in [4.78, 5) is 12.8. The summed E-state index contributed by atoms with van der Waals surface area (Å²) in [6.07, 6.45) is 0.228. The average molecular weight is 454 g/mol. The Hall–Kier alpha value is -1.82. The van der Waals surface area contributed by atoms with E-state index >= 15 is 0 Å². The van der Waals surface area contributed by atoms with Crippen LogP contribution >= 0.6 is 39.1 Å². The smallest absolute Gasteiger partial charge is 0.170 e. The van der Waals surface area contributed by atoms with Crippen molar-refractivity contribution in [3.05, 3.63) is 79.9 Å². The fourth-order valence-corrected chi connectivity index (χ4v) is 3.10. The lowest BCUT2D eigenvalue weighted by molar-refractivity contribution is 0.0976. The summed E-state index contributed by atoms with van der Waals surface area (Å²) in [5, 5.41) is 8.00. The molecule has 1 aromatic heterocycles. The van der Waals surface area contributed by atoms with Crippen molar-refractivity contribution in [3.8, 4) is 0 Å². The lowest BCUT2D eigenvalue weighted by atomic mass is 9.98. The topological polar surface area (TPSA) is 55.1 Å². The van der Waals surface area contributed by atoms with Crippen LogP contribution in [0.2, 0.25) is 10.0 Å². The Balaban J connectivity index is 1.85. The van der Waals surface area contributed by atoms with E-state index in [1.165, 1.54) is 0 Å². The molecule has 1 N–H and O–H groups in total. The number of carbonyl (C=O) groups excluding carboxylic acids is 1. The minimum atomic E-state index is -0.269. The summed E-state index contributed by atoms with van der Waals surface area (Å²) >= 11 is 15.4. The van der Waals surface area contributed by atoms with Gasteiger partial charge in [-0.3, -0.25) is 4.79 Å². The molecule has 0 bridgehead atoms. The minimum absolute atomic E-state index is 0.0517. The van der Waals surface area contributed by atoms with Gasteiger partial charge in [-0.15, -0.1) is 0 Å². The monoisotopic (exact) mass is 452 g/mol. The van der Waals surface area contributed by atoms with Crippen molar-refractivity contribution in [2.45, 2.75) is 19.4 Å². The first-order chi connectivity index (χ1) is 12.4. The van der Waals surface area contributed by atoms with Crippen LogP contribution in [-0.2, 0) is 0 Å². The molecule has 26 heavy (non-hydrogen) atoms. The van der Waals surface area contributed by atoms with E-state index < -0.39 is 0 Å². The van der Waals surface area contributed by atoms with Gasteiger partial charge in [-0.25, -0.2) is 0 Å². The standard InChI is InChI=1S/C19H15BrCl2N2O2/c1-11-8-19(24-26-11)23-17(12-2-5-14(20)6-3-12)10-18(25)13-4-7-15(21)16(22)9-13/h2-9,17H,10H2,1H3,(H,23,24). The van der Waals surface area contributed by atoms with Crippen molar-refractivity contribution in [1.82, 2.24) is 5.16 Å². The Morgan fingerprint density at radius 1 is 1.15 bits per heavy atom. The molecule has 0 radical (unpaired) electrons. The molecule has 2 aromatic carbocycles. The molecule has 0 saturated heterocycles. The number of aryl methyl sites for hydroxylation is 1. The molecule has 7 heteroatoms. The zero-order chi connectivity index (χ0) is 18.7. The highest BCUT2D eigenvalue weighted by molar-refractivity contribution is 9.10. The van der Waals surface area contributed by atoms with Gasteiger partial charge in [-0.1, -0.05) is 56.4 Å². The highest BCUT2D eigenvalue weighted by atomic mass is 79.9. The van der Waals surface area contributed by atoms with E-state index in [1.807, 2.05) is 31.2 Å². The second-order valence-electron chi connectivity index (χ2n) is 5.83. The van der Waals surface area contributed by atoms with Crippen LogP contribution in [0.1, 0.15) is 34.1 Å². The van der Waals surface area contributed by atoms with Gasteiger partial charge in [0.05, 0.1) is 16.1 Å². The van der Waals surface area contributed by atoms with Crippen LogP contribution < -0.4 is 5.32 Å². The number of hydrogen-bond acceptors (Lipinski definition) is 4. The predicted octanol–water partition coefficient (Wildman–Crippen LogP) is 6.48. The molecule has 4 nitrogen and oxygen atoms in total. The van der Waals surface area contributed by atoms with Gasteiger partial charge < -0.3 is 9.84 Å². The van der Waals surface area contributed by atoms with Crippen LogP contribution in [0.5, 0.6) is 0 Å². The van der Waals surface area contributed by atoms with Crippen LogP contribution in [0.4, 0.5) is 5.82 Å². The van der Waals surface area contributed by atoms with Gasteiger partial charge in [-0.2, -0.15) is 0 Å². The Bertz CT molecular complexity index is 926. The van der Waals surface area contributed by atoms with Gasteiger partial charge in [0.1, 0.15) is 5.76 Å². The number of nitrogens with zero attached hydrogens (tertiary/aromatic N) is 1. The molecule has 134 valence electrons. The number of benzene rings is 2. The van der Waals surface area contributed by atoms with Gasteiger partial charge in [0.25, 0.3) is 0 Å². The summed E-state index contributed by atoms with van der Waals surface area (Å²) in [7, 11) is 0. The maximum atomic E-state index is 12.8. The van der Waals surface area contributed by atoms with Crippen LogP contribution in [0, 0.1) is 6.92 Å². The van der Waals surface area contributed by atoms with Gasteiger partial charge in [0.2, 0.25) is 0 Å². The number of rotatable bonds is 6. The summed E-state index contributed by atoms with van der Waals surface area (Å²) in [5.74, 6) is 1.22. The van der Waals surface area contributed by atoms with Crippen LogP contribution in [0.3, 0.4) is 0 Å². The van der Waals surface area contributed by atoms with Crippen molar-refractivity contribution >= 4 is 50.7 Å². The number of Topliss-reactive ketones (excluding diaryl/α,β-unsaturated/α-hetero) is 1. The molecule has 0 aliphatic rings. The van der Waals surface area contributed by atoms with E-state index in [4.69, 9.17) is 27.7 Å². The van der Waals surface area contributed by atoms with Crippen molar-refractivity contribution in [1.29, 1.82) is 0 Å². The number of nitrogens with one attached hydrogen (secondary N) is 1. The Kier molecular flexibility index (Phi) is 6.01. The first-order valence-electron chi connectivity index (χ1n) is 7.86. The van der Waals surface area contributed by atoms with E-state index in [1.54, 1.807) is 24.3 Å². The molecule has 1 heterocycles. The predicted molar refractivity (Wildman–Crippen MR) is 107 cm³/mol. The average Bonchev–Trinajstić information content (AvgIpc) is 3.02. The van der Waals surface area contributed by atoms with Crippen molar-refractivity contribution in [2.24, 2.45) is 0 Å². The molecule has 1 atom stereocenters. The summed E-state index contributed by atoms with van der Waals surface area (Å²) < 4.78 is 6.07. The lowest BCUT2D eigenvalue weighted by Crippen LogP contribution is -2.16. The molecule has 3 aromatic rings. The quantitative estimate of drug-likeness (QED) is 0.434. The van der Waals surface area contributed by atoms with Crippen LogP contribution in [0.25, 0.3) is 0 Å². The molecular formula is C19H15BrCl2N2O2. The van der Waals surface area contributed by atoms with E-state index in [0.717, 1.165) is 10.0 Å². The third-order valence-corrected chi connectivity index (χ3v) is 5.12. The van der Waals surface area contributed by atoms with Crippen LogP contribution in [0.15, 0.2) is 57.5 Å². The zero-order valence-corrected chi connectivity index (χ0v) is 16.9. The third-order valence-electron chi connectivity index (χ3n) is 3.85. The van der Waals surface area contributed by atoms with E-state index in [-0.39, 0.29) is 18.2 Å². The lowest BCUT2D eigenvalue weighted by Gasteiger charge is -2.18. The first kappa shape index (κ1) is 19.0. The molecule has 0 amide bonds. The number of carbonyl (C=O) groups is 1. The second kappa shape index (κ2) is 8.25. The Morgan fingerprint density at radius 3 is 2.50 bits per heavy atom. The Morgan fingerprint density at radius 2 is 1.88 bits per heavy atom. The molecule has 0 fully saturated rings. The molecule has 3 rings (SSSR count). The third kappa shape index (κ3) is 4.67. The maximum Gasteiger partial charge on any atom is 0.170 e. The molecule has 0 aliphatic heterocycles. The number of ketones is 1. The number of halogens is 3. The van der Waals surface area contributed by atoms with E-state index in [0.29, 0.717) is 27.2 Å². The highest BCUT2D eigenvalue weighted by Crippen LogP contribution is 2.28. The van der Waals surface area contributed by atoms with Gasteiger partial charge in [0.15, 0.2) is 11.6 Å². The highest BCUT2D eigenvalue weighted by Gasteiger charge is 2.19. The van der Waals surface area contributed by atoms with E-state index in [9.17, 15) is 4.79 Å². The number of aromatic nitrogens is 1. The zero-order valence-electron chi connectivity index (χ0n) is 13.8. The fraction of sp³-hybridized carbons (Fsp3) is 0.158. The maximum absolute atomic E-state index is 12.8. The van der Waals surface area contributed by atoms with Gasteiger partial charge in [0, 0.05) is 22.5 Å². The minimum Gasteiger partial charge on any atom is -0.360 e. The number of anilines is 1. The van der Waals surface area contributed by atoms with Crippen LogP contribution in [-0.4, -0.2) is 10.9 Å². The molecular weight excluding hydrogens is 439 g/mol. The number of hydrogen-bond donors (Lipinski definition) is 1. The van der Waals surface area contributed by atoms with Gasteiger partial charge >= 0.3 is 0 Å². The molecule has 0 aliphatic carbocycles. The molecule has 0 saturated carbocycles. The summed E-state index contributed by atoms with van der Waals surface area (Å²) in [6.45, 7) is 1.81. The van der Waals surface area contributed by atoms with Crippen molar-refractivity contribution < 1.29 is 9.32 Å². The Labute approximate surface area is 169 Å². The summed E-state index contributed by atoms with van der Waals surface area (Å²) in [6, 6.07) is 14.2. The fourth-order valence-electron chi connectivity index (χ4n) is 2.53. The van der Waals surface area contributed by atoms with Gasteiger partial charge in [-0.05, 0) is 42.8 Å². The largest absolute Gasteiger partial charge is 0.360 e. The SMILES string of the molecule is Cc1cc(NC(CC(=O)c2ccc(Cl)c(Cl)c2)c2ccc(Br)cc2)no1. The molecule has 1 unspecified atom stereocenters. The second-order valence-corrected chi connectivity index (χ2v) is 7.56. The molecule has 0 spiro atoms. The van der Waals surface area contributed by atoms with E-state index in [2.05, 4.69) is 26.4 Å². The first-order valence-corrected chi connectivity index (χ1v) is 9.41. The van der Waals surface area contributed by atoms with Crippen molar-refractivity contribution in [3.63, 3.8) is 0 Å². The van der Waals surface area contributed by atoms with Crippen molar-refractivity contribution in [2.75, 3.05) is 5.32 Å². The normalized spacial score (nSPS) is 12.0.